The Kier molecular flexibility index (Phi) is 16.7. The molecule has 3 fully saturated rings. The van der Waals surface area contributed by atoms with E-state index >= 15 is 0 Å². The van der Waals surface area contributed by atoms with Crippen molar-refractivity contribution in [2.45, 2.75) is 79.8 Å². The number of amides is 1. The number of rotatable bonds is 16. The van der Waals surface area contributed by atoms with E-state index in [1.807, 2.05) is 0 Å². The smallest absolute Gasteiger partial charge is 0.478 e. The van der Waals surface area contributed by atoms with Gasteiger partial charge in [0.25, 0.3) is 20.0 Å². The summed E-state index contributed by atoms with van der Waals surface area (Å²) in [7, 11) is -21.3. The minimum absolute atomic E-state index is 0.00541. The molecule has 6 rings (SSSR count). The number of aromatic nitrogens is 5. The predicted molar refractivity (Wildman–Crippen MR) is 195 cm³/mol. The van der Waals surface area contributed by atoms with Crippen molar-refractivity contribution >= 4 is 54.2 Å². The number of fused-ring (bicyclic) bond motifs is 1. The van der Waals surface area contributed by atoms with Crippen LogP contribution in [0.2, 0.25) is 0 Å². The van der Waals surface area contributed by atoms with Crippen molar-refractivity contribution in [2.24, 2.45) is 5.73 Å². The maximum atomic E-state index is 12.5. The van der Waals surface area contributed by atoms with Crippen molar-refractivity contribution in [3.05, 3.63) is 42.7 Å². The zero-order valence-corrected chi connectivity index (χ0v) is 35.4. The van der Waals surface area contributed by atoms with Crippen LogP contribution >= 0.6 is 31.3 Å². The van der Waals surface area contributed by atoms with Gasteiger partial charge in [0.15, 0.2) is 42.5 Å². The molecule has 0 aliphatic carbocycles. The van der Waals surface area contributed by atoms with Gasteiger partial charge in [0.1, 0.15) is 72.3 Å². The van der Waals surface area contributed by atoms with E-state index in [0.29, 0.717) is 0 Å². The number of carbonyl (C=O) groups is 1. The van der Waals surface area contributed by atoms with Gasteiger partial charge in [0, 0.05) is 6.07 Å². The summed E-state index contributed by atoms with van der Waals surface area (Å²) >= 11 is 0. The number of ether oxygens (including phenoxy) is 3. The van der Waals surface area contributed by atoms with E-state index in [1.54, 1.807) is 0 Å². The minimum atomic E-state index is -5.72. The highest BCUT2D eigenvalue weighted by atomic mass is 31.3. The highest BCUT2D eigenvalue weighted by molar-refractivity contribution is 7.60. The molecule has 64 heavy (non-hydrogen) atoms. The number of hydrogen-bond acceptors (Lipinski definition) is 25. The Morgan fingerprint density at radius 2 is 1.39 bits per heavy atom. The van der Waals surface area contributed by atoms with Gasteiger partial charge in [-0.3, -0.25) is 27.5 Å². The first-order valence-electron chi connectivity index (χ1n) is 17.6. The van der Waals surface area contributed by atoms with Crippen LogP contribution in [0.4, 0.5) is 5.82 Å². The van der Waals surface area contributed by atoms with Gasteiger partial charge in [-0.15, -0.1) is 0 Å². The number of primary amides is 1. The molecule has 0 spiro atoms. The quantitative estimate of drug-likeness (QED) is 0.0468. The van der Waals surface area contributed by atoms with Crippen LogP contribution in [0.15, 0.2) is 37.2 Å². The zero-order valence-electron chi connectivity index (χ0n) is 31.9. The number of hydrogen-bond donors (Lipinski definition) is 14. The highest BCUT2D eigenvalue weighted by Gasteiger charge is 2.51. The number of nitrogens with zero attached hydrogens (tertiary/aromatic N) is 5. The first-order valence-corrected chi connectivity index (χ1v) is 23.6. The molecule has 6 heterocycles. The van der Waals surface area contributed by atoms with Crippen LogP contribution in [-0.2, 0) is 54.9 Å². The molecule has 0 aromatic carbocycles. The second-order valence-corrected chi connectivity index (χ2v) is 19.0. The number of phosphoric acid groups is 4. The number of aliphatic hydroxyl groups is 7. The monoisotopic (exact) mass is 1000 g/mol. The van der Waals surface area contributed by atoms with Crippen LogP contribution in [0.5, 0.6) is 0 Å². The molecule has 3 saturated heterocycles. The van der Waals surface area contributed by atoms with Crippen molar-refractivity contribution in [2.75, 3.05) is 25.6 Å². The average molecular weight is 1000 g/mol. The van der Waals surface area contributed by atoms with E-state index in [1.165, 1.54) is 29.1 Å². The molecule has 3 aliphatic heterocycles. The summed E-state index contributed by atoms with van der Waals surface area (Å²) in [5.74, 6) is -0.862. The number of phosphoric ester groups is 4. The third-order valence-corrected chi connectivity index (χ3v) is 12.6. The molecule has 37 heteroatoms. The number of nitrogen functional groups attached to an aromatic ring is 1. The van der Waals surface area contributed by atoms with Crippen molar-refractivity contribution in [3.63, 3.8) is 0 Å². The maximum Gasteiger partial charge on any atom is 0.478 e. The summed E-state index contributed by atoms with van der Waals surface area (Å²) in [6.45, 7) is -2.85. The fraction of sp³-hybridized carbons (Fsp3) is 0.593. The first-order chi connectivity index (χ1) is 29.6. The highest BCUT2D eigenvalue weighted by Crippen LogP contribution is 2.59. The summed E-state index contributed by atoms with van der Waals surface area (Å²) < 4.78 is 86.9. The molecule has 33 nitrogen and oxygen atoms in total. The third kappa shape index (κ3) is 13.1. The number of aliphatic hydroxyl groups excluding tert-OH is 7. The fourth-order valence-electron chi connectivity index (χ4n) is 6.06. The third-order valence-electron chi connectivity index (χ3n) is 9.07. The van der Waals surface area contributed by atoms with Crippen LogP contribution in [0.3, 0.4) is 0 Å². The van der Waals surface area contributed by atoms with E-state index in [4.69, 9.17) is 40.9 Å². The molecule has 3 aromatic rings. The van der Waals surface area contributed by atoms with Crippen LogP contribution < -0.4 is 20.9 Å². The SMILES string of the molecule is NC(=O)c1ccc[n+]([C@@H]2O[C@H](COP(=O)([O-])OP(=O)(O)OC[C@H]3O[C@@H](n4cnc5c(N)ncnc54)[C@H](OP(=O)(O)O)[C@@H]3O)[C@@H](O)[C@H]2O)c1.O=P(O)(O)OC[C@H]1O[C@H](O)[C@H](O)[C@@H](O)[C@@H]1O. The summed E-state index contributed by atoms with van der Waals surface area (Å²) in [6.07, 6.45) is -16.7. The van der Waals surface area contributed by atoms with Gasteiger partial charge in [0.05, 0.1) is 26.1 Å². The molecule has 3 aliphatic rings. The summed E-state index contributed by atoms with van der Waals surface area (Å²) in [5, 5.41) is 68.2. The Bertz CT molecular complexity index is 2300. The molecule has 2 unspecified atom stereocenters. The van der Waals surface area contributed by atoms with E-state index in [0.717, 1.165) is 17.2 Å². The molecular formula is C27H41N7O26P4. The normalized spacial score (nSPS) is 33.0. The Balaban J connectivity index is 0.000000406. The number of nitrogens with two attached hydrogens (primary N) is 2. The summed E-state index contributed by atoms with van der Waals surface area (Å²) in [5.41, 5.74) is 11.1. The van der Waals surface area contributed by atoms with Gasteiger partial charge in [-0.1, -0.05) is 0 Å². The van der Waals surface area contributed by atoms with Crippen LogP contribution in [-0.4, -0.2) is 173 Å². The van der Waals surface area contributed by atoms with E-state index in [2.05, 4.69) is 42.1 Å². The summed E-state index contributed by atoms with van der Waals surface area (Å²) in [4.78, 5) is 81.2. The van der Waals surface area contributed by atoms with Gasteiger partial charge in [-0.05, 0) is 6.07 Å². The molecule has 15 atom stereocenters. The van der Waals surface area contributed by atoms with Gasteiger partial charge in [-0.25, -0.2) is 33.0 Å². The van der Waals surface area contributed by atoms with E-state index in [-0.39, 0.29) is 22.5 Å². The second kappa shape index (κ2) is 20.5. The van der Waals surface area contributed by atoms with Crippen molar-refractivity contribution in [1.82, 2.24) is 19.5 Å². The molecule has 0 radical (unpaired) electrons. The van der Waals surface area contributed by atoms with Crippen LogP contribution in [0, 0.1) is 0 Å². The van der Waals surface area contributed by atoms with Crippen molar-refractivity contribution < 1.29 is 129 Å². The van der Waals surface area contributed by atoms with Crippen LogP contribution in [0.1, 0.15) is 22.8 Å². The Morgan fingerprint density at radius 1 is 0.781 bits per heavy atom. The first kappa shape index (κ1) is 52.0. The molecule has 3 aromatic heterocycles. The lowest BCUT2D eigenvalue weighted by molar-refractivity contribution is -0.765. The lowest BCUT2D eigenvalue weighted by Crippen LogP contribution is -2.58. The Morgan fingerprint density at radius 3 is 2.03 bits per heavy atom. The zero-order chi connectivity index (χ0) is 47.7. The minimum Gasteiger partial charge on any atom is -0.756 e. The Labute approximate surface area is 356 Å². The predicted octanol–water partition coefficient (Wildman–Crippen LogP) is -6.64. The Hall–Kier alpha value is -2.95. The lowest BCUT2D eigenvalue weighted by Gasteiger charge is -2.38. The van der Waals surface area contributed by atoms with E-state index < -0.39 is 137 Å². The molecule has 16 N–H and O–H groups in total. The number of anilines is 1. The van der Waals surface area contributed by atoms with Crippen molar-refractivity contribution in [3.8, 4) is 0 Å². The number of pyridine rings is 1. The fourth-order valence-corrected chi connectivity index (χ4v) is 9.00. The molecule has 0 saturated carbocycles. The summed E-state index contributed by atoms with van der Waals surface area (Å²) in [6, 6.07) is 2.77. The molecular weight excluding hydrogens is 962 g/mol. The molecule has 0 bridgehead atoms. The molecule has 1 amide bonds. The van der Waals surface area contributed by atoms with Gasteiger partial charge in [-0.2, -0.15) is 4.57 Å². The lowest BCUT2D eigenvalue weighted by atomic mass is 10.00. The maximum absolute atomic E-state index is 12.5. The largest absolute Gasteiger partial charge is 0.756 e. The van der Waals surface area contributed by atoms with Gasteiger partial charge in [0.2, 0.25) is 0 Å². The van der Waals surface area contributed by atoms with E-state index in [9.17, 15) is 68.2 Å². The number of carbonyl (C=O) groups excluding carboxylic acids is 1. The number of imidazole rings is 1. The standard InChI is InChI=1S/C21H28N7O17P3.C6H13O9P/c22-17-12-19(25-7-24-17)28(8-26-12)21-16(44-46(33,34)35)14(30)11(43-21)6-41-48(38,39)45-47(36,37)40-5-10-13(29)15(31)20(42-10)27-3-1-2-9(4-27)18(23)32;7-3-2(1-14-16(11,12)13)15-6(10)5(9)4(3)8/h1-4,7-8,10-11,13-16,20-21,29-31H,5-6H2,(H7-,22,23,24,25,32,33,34,35,36,37,38,39);2-10H,1H2,(H2,11,12,13)/t10-,11-,13-,14-,15-,16-,20-,21-;2-,3-,4+,5-,6+/m11/s1. The van der Waals surface area contributed by atoms with Crippen LogP contribution in [0.25, 0.3) is 11.2 Å². The topological polar surface area (TPSA) is 525 Å². The van der Waals surface area contributed by atoms with Gasteiger partial charge >= 0.3 is 23.5 Å². The molecule has 360 valence electrons. The second-order valence-electron chi connectivity index (χ2n) is 13.6. The van der Waals surface area contributed by atoms with Crippen molar-refractivity contribution in [1.29, 1.82) is 0 Å². The average Bonchev–Trinajstić information content (AvgIpc) is 3.85. The van der Waals surface area contributed by atoms with Gasteiger partial charge < -0.3 is 95.3 Å².